The third-order valence-corrected chi connectivity index (χ3v) is 4.72. The van der Waals surface area contributed by atoms with Gasteiger partial charge < -0.3 is 15.7 Å². The molecule has 3 heterocycles. The van der Waals surface area contributed by atoms with Crippen LogP contribution in [0, 0.1) is 0 Å². The lowest BCUT2D eigenvalue weighted by molar-refractivity contribution is -0.689. The van der Waals surface area contributed by atoms with E-state index in [1.54, 1.807) is 0 Å². The van der Waals surface area contributed by atoms with Gasteiger partial charge >= 0.3 is 5.97 Å². The second-order valence-electron chi connectivity index (χ2n) is 4.78. The van der Waals surface area contributed by atoms with E-state index < -0.39 is 18.1 Å². The maximum absolute atomic E-state index is 11.8. The molecule has 6 nitrogen and oxygen atoms in total. The Hall–Kier alpha value is -1.86. The molecule has 1 aromatic heterocycles. The number of carboxylic acids is 1. The molecule has 1 amide bonds. The topological polar surface area (TPSA) is 87.5 Å². The molecule has 7 heteroatoms. The Bertz CT molecular complexity index is 590. The van der Waals surface area contributed by atoms with Gasteiger partial charge in [-0.15, -0.1) is 11.8 Å². The van der Waals surface area contributed by atoms with Crippen LogP contribution in [0.2, 0.25) is 0 Å². The molecule has 3 atom stereocenters. The molecular weight excluding hydrogens is 278 g/mol. The summed E-state index contributed by atoms with van der Waals surface area (Å²) in [6.07, 6.45) is 3.72. The van der Waals surface area contributed by atoms with Gasteiger partial charge in [0.2, 0.25) is 5.91 Å². The lowest BCUT2D eigenvalue weighted by Gasteiger charge is -2.49. The van der Waals surface area contributed by atoms with E-state index in [1.807, 2.05) is 40.6 Å². The number of hydrogen-bond acceptors (Lipinski definition) is 4. The summed E-state index contributed by atoms with van der Waals surface area (Å²) in [5, 5.41) is 11.0. The number of pyridine rings is 1. The van der Waals surface area contributed by atoms with Gasteiger partial charge in [-0.25, -0.2) is 9.36 Å². The van der Waals surface area contributed by atoms with E-state index in [9.17, 15) is 14.7 Å². The van der Waals surface area contributed by atoms with Gasteiger partial charge in [0, 0.05) is 17.7 Å². The molecule has 3 rings (SSSR count). The molecule has 3 N–H and O–H groups in total. The normalized spacial score (nSPS) is 28.4. The Morgan fingerprint density at radius 2 is 2.10 bits per heavy atom. The second-order valence-corrected chi connectivity index (χ2v) is 5.77. The van der Waals surface area contributed by atoms with Gasteiger partial charge in [-0.05, 0) is 5.41 Å². The number of amides is 1. The van der Waals surface area contributed by atoms with Crippen LogP contribution in [0.5, 0.6) is 0 Å². The van der Waals surface area contributed by atoms with Gasteiger partial charge in [-0.3, -0.25) is 4.79 Å². The minimum atomic E-state index is -1.02. The van der Waals surface area contributed by atoms with Crippen molar-refractivity contribution in [2.24, 2.45) is 5.73 Å². The first-order chi connectivity index (χ1) is 9.59. The van der Waals surface area contributed by atoms with Crippen LogP contribution in [0.3, 0.4) is 0 Å². The second kappa shape index (κ2) is 4.92. The van der Waals surface area contributed by atoms with Crippen LogP contribution >= 0.6 is 11.8 Å². The van der Waals surface area contributed by atoms with Gasteiger partial charge in [-0.2, -0.15) is 0 Å². The molecule has 2 aliphatic rings. The smallest absolute Gasteiger partial charge is 0.331 e. The molecule has 1 saturated heterocycles. The maximum atomic E-state index is 11.8. The number of thioether (sulfide) groups is 1. The van der Waals surface area contributed by atoms with Gasteiger partial charge in [-0.1, -0.05) is 6.07 Å². The van der Waals surface area contributed by atoms with Crippen LogP contribution in [-0.4, -0.2) is 39.3 Å². The van der Waals surface area contributed by atoms with Crippen LogP contribution in [0.4, 0.5) is 0 Å². The van der Waals surface area contributed by atoms with Crippen molar-refractivity contribution in [3.63, 3.8) is 0 Å². The van der Waals surface area contributed by atoms with E-state index in [0.717, 1.165) is 0 Å². The van der Waals surface area contributed by atoms with Crippen molar-refractivity contribution in [3.05, 3.63) is 41.6 Å². The van der Waals surface area contributed by atoms with E-state index in [2.05, 4.69) is 0 Å². The van der Waals surface area contributed by atoms with Crippen LogP contribution in [0.15, 0.2) is 41.6 Å². The number of fused-ring (bicyclic) bond motifs is 1. The molecule has 0 aromatic carbocycles. The number of aromatic nitrogens is 1. The third-order valence-electron chi connectivity index (χ3n) is 3.49. The van der Waals surface area contributed by atoms with Crippen molar-refractivity contribution < 1.29 is 19.3 Å². The average Bonchev–Trinajstić information content (AvgIpc) is 2.46. The Balaban J connectivity index is 1.88. The standard InChI is InChI=1S/C13H13N3O3S/c14-9-11(17)16-10(13(18)19)8(7-20-12(9)16)6-15-4-2-1-3-5-15/h1-5,7,9-10,12H,6,14H2/p+1/t9-,10?,12-/m1/s1. The zero-order valence-electron chi connectivity index (χ0n) is 10.5. The summed E-state index contributed by atoms with van der Waals surface area (Å²) in [5.74, 6) is -1.31. The van der Waals surface area contributed by atoms with Crippen LogP contribution < -0.4 is 10.3 Å². The van der Waals surface area contributed by atoms with E-state index in [4.69, 9.17) is 5.73 Å². The number of carbonyl (C=O) groups excluding carboxylic acids is 1. The molecule has 20 heavy (non-hydrogen) atoms. The molecule has 0 radical (unpaired) electrons. The lowest BCUT2D eigenvalue weighted by Crippen LogP contribution is -2.72. The minimum Gasteiger partial charge on any atom is -0.479 e. The molecule has 0 bridgehead atoms. The predicted molar refractivity (Wildman–Crippen MR) is 72.3 cm³/mol. The number of carboxylic acid groups (broad SMARTS) is 1. The first kappa shape index (κ1) is 13.1. The van der Waals surface area contributed by atoms with E-state index in [1.165, 1.54) is 16.7 Å². The monoisotopic (exact) mass is 292 g/mol. The first-order valence-electron chi connectivity index (χ1n) is 6.18. The summed E-state index contributed by atoms with van der Waals surface area (Å²) in [5.41, 5.74) is 6.39. The highest BCUT2D eigenvalue weighted by Crippen LogP contribution is 2.39. The first-order valence-corrected chi connectivity index (χ1v) is 7.13. The zero-order valence-corrected chi connectivity index (χ0v) is 11.4. The number of β-lactam (4-membered cyclic amide) rings is 1. The number of nitrogens with zero attached hydrogens (tertiary/aromatic N) is 2. The molecule has 104 valence electrons. The summed E-state index contributed by atoms with van der Waals surface area (Å²) >= 11 is 1.41. The van der Waals surface area contributed by atoms with Crippen LogP contribution in [0.25, 0.3) is 0 Å². The largest absolute Gasteiger partial charge is 0.479 e. The van der Waals surface area contributed by atoms with Crippen molar-refractivity contribution in [3.8, 4) is 0 Å². The summed E-state index contributed by atoms with van der Waals surface area (Å²) in [6, 6.07) is 4.13. The van der Waals surface area contributed by atoms with Crippen LogP contribution in [0.1, 0.15) is 0 Å². The fourth-order valence-electron chi connectivity index (χ4n) is 2.49. The number of nitrogens with two attached hydrogens (primary N) is 1. The molecular formula is C13H14N3O3S+. The zero-order chi connectivity index (χ0) is 14.3. The molecule has 1 fully saturated rings. The molecule has 0 aliphatic carbocycles. The number of rotatable bonds is 3. The van der Waals surface area contributed by atoms with Gasteiger partial charge in [0.1, 0.15) is 11.4 Å². The highest BCUT2D eigenvalue weighted by molar-refractivity contribution is 8.02. The van der Waals surface area contributed by atoms with Crippen molar-refractivity contribution >= 4 is 23.6 Å². The molecule has 1 aromatic rings. The van der Waals surface area contributed by atoms with Gasteiger partial charge in [0.05, 0.1) is 0 Å². The van der Waals surface area contributed by atoms with Crippen LogP contribution in [-0.2, 0) is 16.1 Å². The van der Waals surface area contributed by atoms with Gasteiger partial charge in [0.25, 0.3) is 0 Å². The molecule has 0 spiro atoms. The highest BCUT2D eigenvalue weighted by atomic mass is 32.2. The Labute approximate surface area is 119 Å². The molecule has 0 saturated carbocycles. The summed E-state index contributed by atoms with van der Waals surface area (Å²) in [6.45, 7) is 0.441. The average molecular weight is 292 g/mol. The lowest BCUT2D eigenvalue weighted by atomic mass is 9.98. The van der Waals surface area contributed by atoms with Crippen molar-refractivity contribution in [1.29, 1.82) is 0 Å². The van der Waals surface area contributed by atoms with Gasteiger partial charge in [0.15, 0.2) is 25.0 Å². The number of carbonyl (C=O) groups is 2. The summed E-state index contributed by atoms with van der Waals surface area (Å²) in [4.78, 5) is 24.7. The predicted octanol–water partition coefficient (Wildman–Crippen LogP) is -0.446. The number of hydrogen-bond donors (Lipinski definition) is 2. The quantitative estimate of drug-likeness (QED) is 0.582. The minimum absolute atomic E-state index is 0.256. The Morgan fingerprint density at radius 3 is 2.75 bits per heavy atom. The van der Waals surface area contributed by atoms with E-state index in [-0.39, 0.29) is 11.3 Å². The fourth-order valence-corrected chi connectivity index (χ4v) is 3.65. The third kappa shape index (κ3) is 1.99. The summed E-state index contributed by atoms with van der Waals surface area (Å²) < 4.78 is 1.88. The molecule has 2 aliphatic heterocycles. The molecule has 1 unspecified atom stereocenters. The van der Waals surface area contributed by atoms with Crippen molar-refractivity contribution in [2.75, 3.05) is 0 Å². The maximum Gasteiger partial charge on any atom is 0.331 e. The van der Waals surface area contributed by atoms with E-state index >= 15 is 0 Å². The van der Waals surface area contributed by atoms with E-state index in [0.29, 0.717) is 12.1 Å². The van der Waals surface area contributed by atoms with Crippen molar-refractivity contribution in [1.82, 2.24) is 4.90 Å². The SMILES string of the molecule is N[C@@H]1C(=O)N2C(C(=O)O)C(C[n+]3ccccc3)=CS[C@H]12. The number of aliphatic carboxylic acids is 1. The fraction of sp³-hybridized carbons (Fsp3) is 0.308. The Morgan fingerprint density at radius 1 is 1.40 bits per heavy atom. The van der Waals surface area contributed by atoms with Crippen molar-refractivity contribution in [2.45, 2.75) is 24.0 Å². The summed E-state index contributed by atoms with van der Waals surface area (Å²) in [7, 11) is 0. The highest BCUT2D eigenvalue weighted by Gasteiger charge is 2.54. The Kier molecular flexibility index (Phi) is 3.23.